The van der Waals surface area contributed by atoms with E-state index in [1.54, 1.807) is 0 Å². The van der Waals surface area contributed by atoms with Crippen LogP contribution in [0.25, 0.3) is 0 Å². The summed E-state index contributed by atoms with van der Waals surface area (Å²) >= 11 is 1.44. The highest BCUT2D eigenvalue weighted by Gasteiger charge is 2.18. The van der Waals surface area contributed by atoms with Crippen molar-refractivity contribution >= 4 is 17.5 Å². The highest BCUT2D eigenvalue weighted by Crippen LogP contribution is 2.36. The Balaban J connectivity index is 1.72. The second-order valence-electron chi connectivity index (χ2n) is 4.94. The minimum atomic E-state index is -0.344. The van der Waals surface area contributed by atoms with Gasteiger partial charge in [-0.3, -0.25) is 4.79 Å². The Morgan fingerprint density at radius 2 is 1.77 bits per heavy atom. The molecule has 2 aromatic carbocycles. The molecule has 2 aromatic rings. The van der Waals surface area contributed by atoms with Gasteiger partial charge in [0.2, 0.25) is 0 Å². The average molecular weight is 318 g/mol. The Kier molecular flexibility index (Phi) is 4.34. The number of hydrogen-bond donors (Lipinski definition) is 0. The number of Topliss-reactive ketones (excluding diaryl/α,β-unsaturated/α-hetero) is 1. The van der Waals surface area contributed by atoms with Crippen LogP contribution < -0.4 is 9.47 Å². The number of fused-ring (bicyclic) bond motifs is 1. The Labute approximate surface area is 132 Å². The highest BCUT2D eigenvalue weighted by atomic mass is 32.2. The number of carbonyl (C=O) groups excluding carboxylic acids is 1. The first-order valence-electron chi connectivity index (χ1n) is 6.99. The van der Waals surface area contributed by atoms with Gasteiger partial charge in [-0.05, 0) is 49.4 Å². The maximum atomic E-state index is 12.9. The van der Waals surface area contributed by atoms with Gasteiger partial charge in [0, 0.05) is 10.5 Å². The van der Waals surface area contributed by atoms with Gasteiger partial charge in [-0.1, -0.05) is 0 Å². The van der Waals surface area contributed by atoms with Gasteiger partial charge in [0.15, 0.2) is 17.3 Å². The molecule has 3 nitrogen and oxygen atoms in total. The molecule has 5 heteroatoms. The average Bonchev–Trinajstić information content (AvgIpc) is 2.55. The zero-order valence-electron chi connectivity index (χ0n) is 12.0. The Bertz CT molecular complexity index is 685. The fourth-order valence-corrected chi connectivity index (χ4v) is 3.18. The molecule has 1 unspecified atom stereocenters. The smallest absolute Gasteiger partial charge is 0.175 e. The molecule has 0 radical (unpaired) electrons. The minimum Gasteiger partial charge on any atom is -0.486 e. The lowest BCUT2D eigenvalue weighted by atomic mass is 10.1. The SMILES string of the molecule is CC(Sc1ccc2c(c1)OCCO2)C(=O)c1ccc(F)cc1. The molecule has 1 atom stereocenters. The maximum absolute atomic E-state index is 12.9. The molecule has 3 rings (SSSR count). The van der Waals surface area contributed by atoms with Crippen molar-refractivity contribution < 1.29 is 18.7 Å². The Morgan fingerprint density at radius 1 is 1.09 bits per heavy atom. The molecule has 0 spiro atoms. The summed E-state index contributed by atoms with van der Waals surface area (Å²) in [4.78, 5) is 13.3. The van der Waals surface area contributed by atoms with E-state index in [4.69, 9.17) is 9.47 Å². The lowest BCUT2D eigenvalue weighted by Crippen LogP contribution is -2.16. The van der Waals surface area contributed by atoms with Crippen molar-refractivity contribution in [3.63, 3.8) is 0 Å². The van der Waals surface area contributed by atoms with Crippen LogP contribution in [-0.4, -0.2) is 24.2 Å². The fraction of sp³-hybridized carbons (Fsp3) is 0.235. The van der Waals surface area contributed by atoms with Crippen molar-refractivity contribution in [1.82, 2.24) is 0 Å². The summed E-state index contributed by atoms with van der Waals surface area (Å²) in [6.07, 6.45) is 0. The van der Waals surface area contributed by atoms with Crippen LogP contribution in [0.2, 0.25) is 0 Å². The lowest BCUT2D eigenvalue weighted by molar-refractivity contribution is 0.0994. The molecule has 0 N–H and O–H groups in total. The number of carbonyl (C=O) groups is 1. The van der Waals surface area contributed by atoms with E-state index in [-0.39, 0.29) is 16.9 Å². The highest BCUT2D eigenvalue weighted by molar-refractivity contribution is 8.00. The van der Waals surface area contributed by atoms with Gasteiger partial charge in [0.25, 0.3) is 0 Å². The first-order valence-corrected chi connectivity index (χ1v) is 7.87. The quantitative estimate of drug-likeness (QED) is 0.631. The molecule has 0 amide bonds. The Hall–Kier alpha value is -2.01. The van der Waals surface area contributed by atoms with E-state index in [9.17, 15) is 9.18 Å². The minimum absolute atomic E-state index is 0.0279. The van der Waals surface area contributed by atoms with Gasteiger partial charge in [-0.2, -0.15) is 0 Å². The van der Waals surface area contributed by atoms with Crippen LogP contribution >= 0.6 is 11.8 Å². The lowest BCUT2D eigenvalue weighted by Gasteiger charge is -2.19. The third-order valence-electron chi connectivity index (χ3n) is 3.32. The molecule has 114 valence electrons. The summed E-state index contributed by atoms with van der Waals surface area (Å²) < 4.78 is 23.9. The first-order chi connectivity index (χ1) is 10.6. The maximum Gasteiger partial charge on any atom is 0.175 e. The Morgan fingerprint density at radius 3 is 2.50 bits per heavy atom. The van der Waals surface area contributed by atoms with Gasteiger partial charge in [0.05, 0.1) is 5.25 Å². The summed E-state index contributed by atoms with van der Waals surface area (Å²) in [5.41, 5.74) is 0.513. The summed E-state index contributed by atoms with van der Waals surface area (Å²) in [5.74, 6) is 1.06. The molecule has 0 aliphatic carbocycles. The molecular formula is C17H15FO3S. The zero-order chi connectivity index (χ0) is 15.5. The van der Waals surface area contributed by atoms with Crippen LogP contribution in [0.15, 0.2) is 47.4 Å². The number of ether oxygens (including phenoxy) is 2. The molecule has 1 aliphatic heterocycles. The van der Waals surface area contributed by atoms with E-state index in [0.29, 0.717) is 24.5 Å². The number of benzene rings is 2. The van der Waals surface area contributed by atoms with E-state index in [2.05, 4.69) is 0 Å². The third kappa shape index (κ3) is 3.25. The van der Waals surface area contributed by atoms with Crippen molar-refractivity contribution in [3.05, 3.63) is 53.8 Å². The topological polar surface area (TPSA) is 35.5 Å². The van der Waals surface area contributed by atoms with Crippen LogP contribution in [0.1, 0.15) is 17.3 Å². The van der Waals surface area contributed by atoms with E-state index >= 15 is 0 Å². The third-order valence-corrected chi connectivity index (χ3v) is 4.42. The number of hydrogen-bond acceptors (Lipinski definition) is 4. The predicted molar refractivity (Wildman–Crippen MR) is 83.5 cm³/mol. The van der Waals surface area contributed by atoms with Crippen molar-refractivity contribution in [1.29, 1.82) is 0 Å². The first kappa shape index (κ1) is 14.9. The van der Waals surface area contributed by atoms with Crippen LogP contribution in [-0.2, 0) is 0 Å². The molecule has 0 bridgehead atoms. The number of halogens is 1. The number of ketones is 1. The van der Waals surface area contributed by atoms with Crippen molar-refractivity contribution in [2.45, 2.75) is 17.1 Å². The van der Waals surface area contributed by atoms with Crippen molar-refractivity contribution in [2.75, 3.05) is 13.2 Å². The molecule has 1 aliphatic rings. The van der Waals surface area contributed by atoms with Crippen LogP contribution in [0.5, 0.6) is 11.5 Å². The number of rotatable bonds is 4. The molecule has 0 aromatic heterocycles. The van der Waals surface area contributed by atoms with Gasteiger partial charge in [-0.25, -0.2) is 4.39 Å². The predicted octanol–water partition coefficient (Wildman–Crippen LogP) is 3.96. The largest absolute Gasteiger partial charge is 0.486 e. The monoisotopic (exact) mass is 318 g/mol. The number of thioether (sulfide) groups is 1. The van der Waals surface area contributed by atoms with Crippen LogP contribution in [0.3, 0.4) is 0 Å². The molecule has 1 heterocycles. The summed E-state index contributed by atoms with van der Waals surface area (Å²) in [6.45, 7) is 2.93. The van der Waals surface area contributed by atoms with Gasteiger partial charge >= 0.3 is 0 Å². The van der Waals surface area contributed by atoms with E-state index in [1.807, 2.05) is 25.1 Å². The van der Waals surface area contributed by atoms with Gasteiger partial charge in [0.1, 0.15) is 19.0 Å². The van der Waals surface area contributed by atoms with Crippen molar-refractivity contribution in [2.24, 2.45) is 0 Å². The van der Waals surface area contributed by atoms with E-state index in [0.717, 1.165) is 10.6 Å². The summed E-state index contributed by atoms with van der Waals surface area (Å²) in [6, 6.07) is 11.3. The van der Waals surface area contributed by atoms with Crippen molar-refractivity contribution in [3.8, 4) is 11.5 Å². The molecular weight excluding hydrogens is 303 g/mol. The zero-order valence-corrected chi connectivity index (χ0v) is 12.9. The standard InChI is InChI=1S/C17H15FO3S/c1-11(17(19)12-2-4-13(18)5-3-12)22-14-6-7-15-16(10-14)21-9-8-20-15/h2-7,10-11H,8-9H2,1H3. The normalized spacial score (nSPS) is 14.5. The molecule has 0 saturated heterocycles. The van der Waals surface area contributed by atoms with Gasteiger partial charge < -0.3 is 9.47 Å². The molecule has 0 saturated carbocycles. The molecule has 22 heavy (non-hydrogen) atoms. The van der Waals surface area contributed by atoms with Crippen LogP contribution in [0, 0.1) is 5.82 Å². The van der Waals surface area contributed by atoms with Gasteiger partial charge in [-0.15, -0.1) is 11.8 Å². The summed E-state index contributed by atoms with van der Waals surface area (Å²) in [5, 5.41) is -0.270. The summed E-state index contributed by atoms with van der Waals surface area (Å²) in [7, 11) is 0. The van der Waals surface area contributed by atoms with E-state index in [1.165, 1.54) is 36.0 Å². The second kappa shape index (κ2) is 6.40. The van der Waals surface area contributed by atoms with E-state index < -0.39 is 0 Å². The molecule has 0 fully saturated rings. The second-order valence-corrected chi connectivity index (χ2v) is 6.35. The fourth-order valence-electron chi connectivity index (χ4n) is 2.20. The van der Waals surface area contributed by atoms with Crippen LogP contribution in [0.4, 0.5) is 4.39 Å².